The number of aliphatic imine (C=N–C) groups is 1. The average molecular weight is 352 g/mol. The lowest BCUT2D eigenvalue weighted by Gasteiger charge is -2.39. The standard InChI is InChI=1S/C18H32N4O3/c1-14(23)10-8-6-4-3-5-7-9-13-22-17(24)15-16(20-12-11-19-15)21(2)18(22)25/h14-15,19,23H,3-13H2,1-2H3. The SMILES string of the molecule is CC(O)CCCCCCCCCN1C(=O)C2NCCN=C2N(C)C1=O. The van der Waals surface area contributed by atoms with Gasteiger partial charge in [0.15, 0.2) is 0 Å². The second-order valence-electron chi connectivity index (χ2n) is 7.07. The van der Waals surface area contributed by atoms with Crippen molar-refractivity contribution in [1.29, 1.82) is 0 Å². The van der Waals surface area contributed by atoms with Gasteiger partial charge in [-0.05, 0) is 19.8 Å². The molecule has 1 saturated heterocycles. The van der Waals surface area contributed by atoms with Crippen LogP contribution in [0.15, 0.2) is 4.99 Å². The first-order valence-electron chi connectivity index (χ1n) is 9.57. The Hall–Kier alpha value is -1.47. The van der Waals surface area contributed by atoms with E-state index in [-0.39, 0.29) is 18.0 Å². The normalized spacial score (nSPS) is 22.0. The van der Waals surface area contributed by atoms with Crippen molar-refractivity contribution in [1.82, 2.24) is 15.1 Å². The molecular weight excluding hydrogens is 320 g/mol. The summed E-state index contributed by atoms with van der Waals surface area (Å²) in [5.41, 5.74) is 0. The number of carbonyl (C=O) groups excluding carboxylic acids is 2. The van der Waals surface area contributed by atoms with Gasteiger partial charge in [-0.2, -0.15) is 0 Å². The van der Waals surface area contributed by atoms with Crippen LogP contribution in [0.4, 0.5) is 4.79 Å². The number of unbranched alkanes of at least 4 members (excludes halogenated alkanes) is 6. The molecule has 25 heavy (non-hydrogen) atoms. The summed E-state index contributed by atoms with van der Waals surface area (Å²) in [5, 5.41) is 12.4. The van der Waals surface area contributed by atoms with Gasteiger partial charge >= 0.3 is 6.03 Å². The number of hydrogen-bond donors (Lipinski definition) is 2. The summed E-state index contributed by atoms with van der Waals surface area (Å²) in [7, 11) is 1.69. The molecule has 2 heterocycles. The monoisotopic (exact) mass is 352 g/mol. The number of carbonyl (C=O) groups is 2. The number of rotatable bonds is 10. The molecule has 2 aliphatic rings. The van der Waals surface area contributed by atoms with Crippen LogP contribution < -0.4 is 5.32 Å². The van der Waals surface area contributed by atoms with E-state index in [0.29, 0.717) is 25.5 Å². The van der Waals surface area contributed by atoms with Gasteiger partial charge in [0.2, 0.25) is 0 Å². The Labute approximate surface area is 150 Å². The van der Waals surface area contributed by atoms with E-state index in [2.05, 4.69) is 10.3 Å². The number of hydrogen-bond acceptors (Lipinski definition) is 5. The summed E-state index contributed by atoms with van der Waals surface area (Å²) in [6, 6.07) is -0.729. The van der Waals surface area contributed by atoms with Crippen LogP contribution in [0.2, 0.25) is 0 Å². The van der Waals surface area contributed by atoms with Gasteiger partial charge in [-0.1, -0.05) is 38.5 Å². The molecule has 0 bridgehead atoms. The number of aliphatic hydroxyl groups is 1. The first-order chi connectivity index (χ1) is 12.0. The van der Waals surface area contributed by atoms with E-state index in [1.165, 1.54) is 22.6 Å². The number of nitrogens with one attached hydrogen (secondary N) is 1. The molecule has 0 aromatic carbocycles. The Morgan fingerprint density at radius 1 is 1.16 bits per heavy atom. The molecule has 0 aromatic heterocycles. The van der Waals surface area contributed by atoms with Gasteiger partial charge in [0.1, 0.15) is 11.9 Å². The second-order valence-corrected chi connectivity index (χ2v) is 7.07. The fourth-order valence-electron chi connectivity index (χ4n) is 3.39. The number of amidine groups is 1. The third-order valence-electron chi connectivity index (χ3n) is 4.87. The Bertz CT molecular complexity index is 493. The predicted octanol–water partition coefficient (Wildman–Crippen LogP) is 1.75. The van der Waals surface area contributed by atoms with Crippen LogP contribution >= 0.6 is 0 Å². The Morgan fingerprint density at radius 2 is 1.80 bits per heavy atom. The van der Waals surface area contributed by atoms with Gasteiger partial charge in [0.05, 0.1) is 12.6 Å². The number of likely N-dealkylation sites (N-methyl/N-ethyl adjacent to an activating group) is 1. The van der Waals surface area contributed by atoms with Crippen molar-refractivity contribution in [3.8, 4) is 0 Å². The molecule has 2 rings (SSSR count). The van der Waals surface area contributed by atoms with Gasteiger partial charge < -0.3 is 5.11 Å². The Kier molecular flexibility index (Phi) is 7.84. The van der Waals surface area contributed by atoms with E-state index >= 15 is 0 Å². The molecule has 0 saturated carbocycles. The lowest BCUT2D eigenvalue weighted by atomic mass is 10.1. The maximum atomic E-state index is 12.5. The molecule has 0 aromatic rings. The van der Waals surface area contributed by atoms with Crippen LogP contribution in [-0.4, -0.2) is 71.5 Å². The molecule has 1 fully saturated rings. The molecule has 2 N–H and O–H groups in total. The van der Waals surface area contributed by atoms with E-state index < -0.39 is 6.04 Å². The van der Waals surface area contributed by atoms with Crippen molar-refractivity contribution < 1.29 is 14.7 Å². The highest BCUT2D eigenvalue weighted by molar-refractivity contribution is 6.20. The van der Waals surface area contributed by atoms with Crippen LogP contribution in [0.25, 0.3) is 0 Å². The van der Waals surface area contributed by atoms with Crippen molar-refractivity contribution in [2.45, 2.75) is 70.4 Å². The van der Waals surface area contributed by atoms with Gasteiger partial charge in [-0.3, -0.25) is 24.9 Å². The van der Waals surface area contributed by atoms with Crippen LogP contribution in [0.1, 0.15) is 58.3 Å². The van der Waals surface area contributed by atoms with Gasteiger partial charge in [0, 0.05) is 20.1 Å². The van der Waals surface area contributed by atoms with E-state index in [0.717, 1.165) is 38.5 Å². The molecule has 0 radical (unpaired) electrons. The van der Waals surface area contributed by atoms with Gasteiger partial charge in [0.25, 0.3) is 5.91 Å². The highest BCUT2D eigenvalue weighted by Gasteiger charge is 2.42. The Morgan fingerprint density at radius 3 is 2.48 bits per heavy atom. The number of amides is 3. The van der Waals surface area contributed by atoms with Gasteiger partial charge in [-0.15, -0.1) is 0 Å². The molecule has 0 spiro atoms. The number of nitrogens with zero attached hydrogens (tertiary/aromatic N) is 3. The zero-order chi connectivity index (χ0) is 18.2. The molecule has 2 unspecified atom stereocenters. The van der Waals surface area contributed by atoms with E-state index in [1.807, 2.05) is 6.92 Å². The van der Waals surface area contributed by atoms with Crippen molar-refractivity contribution in [2.24, 2.45) is 4.99 Å². The summed E-state index contributed by atoms with van der Waals surface area (Å²) >= 11 is 0. The van der Waals surface area contributed by atoms with Crippen LogP contribution in [0.3, 0.4) is 0 Å². The fraction of sp³-hybridized carbons (Fsp3) is 0.833. The number of aliphatic hydroxyl groups excluding tert-OH is 1. The predicted molar refractivity (Wildman–Crippen MR) is 97.6 cm³/mol. The number of urea groups is 1. The summed E-state index contributed by atoms with van der Waals surface area (Å²) in [5.74, 6) is 0.384. The summed E-state index contributed by atoms with van der Waals surface area (Å²) in [6.07, 6.45) is 8.28. The molecule has 7 nitrogen and oxygen atoms in total. The quantitative estimate of drug-likeness (QED) is 0.587. The summed E-state index contributed by atoms with van der Waals surface area (Å²) < 4.78 is 0. The average Bonchev–Trinajstić information content (AvgIpc) is 2.60. The van der Waals surface area contributed by atoms with Crippen molar-refractivity contribution in [2.75, 3.05) is 26.7 Å². The molecule has 2 atom stereocenters. The lowest BCUT2D eigenvalue weighted by Crippen LogP contribution is -2.66. The van der Waals surface area contributed by atoms with E-state index in [9.17, 15) is 14.7 Å². The smallest absolute Gasteiger partial charge is 0.331 e. The van der Waals surface area contributed by atoms with Crippen LogP contribution in [0.5, 0.6) is 0 Å². The van der Waals surface area contributed by atoms with E-state index in [1.54, 1.807) is 7.05 Å². The second kappa shape index (κ2) is 9.87. The maximum Gasteiger partial charge on any atom is 0.331 e. The summed E-state index contributed by atoms with van der Waals surface area (Å²) in [4.78, 5) is 32.1. The van der Waals surface area contributed by atoms with Gasteiger partial charge in [-0.25, -0.2) is 4.79 Å². The van der Waals surface area contributed by atoms with Crippen LogP contribution in [-0.2, 0) is 4.79 Å². The largest absolute Gasteiger partial charge is 0.393 e. The van der Waals surface area contributed by atoms with Crippen molar-refractivity contribution in [3.05, 3.63) is 0 Å². The molecular formula is C18H32N4O3. The molecule has 3 amide bonds. The topological polar surface area (TPSA) is 85.2 Å². The number of imide groups is 1. The third-order valence-corrected chi connectivity index (χ3v) is 4.87. The van der Waals surface area contributed by atoms with Crippen molar-refractivity contribution >= 4 is 17.8 Å². The minimum absolute atomic E-state index is 0.167. The number of fused-ring (bicyclic) bond motifs is 1. The Balaban J connectivity index is 1.65. The van der Waals surface area contributed by atoms with Crippen molar-refractivity contribution in [3.63, 3.8) is 0 Å². The summed E-state index contributed by atoms with van der Waals surface area (Å²) in [6.45, 7) is 3.59. The van der Waals surface area contributed by atoms with Crippen LogP contribution in [0, 0.1) is 0 Å². The molecule has 2 aliphatic heterocycles. The zero-order valence-corrected chi connectivity index (χ0v) is 15.5. The molecule has 7 heteroatoms. The first kappa shape index (κ1) is 19.8. The fourth-order valence-corrected chi connectivity index (χ4v) is 3.39. The minimum Gasteiger partial charge on any atom is -0.393 e. The molecule has 142 valence electrons. The molecule has 0 aliphatic carbocycles. The third kappa shape index (κ3) is 5.51. The van der Waals surface area contributed by atoms with E-state index in [4.69, 9.17) is 0 Å². The zero-order valence-electron chi connectivity index (χ0n) is 15.5. The maximum absolute atomic E-state index is 12.5. The lowest BCUT2D eigenvalue weighted by molar-refractivity contribution is -0.130. The highest BCUT2D eigenvalue weighted by atomic mass is 16.3. The first-order valence-corrected chi connectivity index (χ1v) is 9.57. The minimum atomic E-state index is -0.467. The highest BCUT2D eigenvalue weighted by Crippen LogP contribution is 2.16.